The summed E-state index contributed by atoms with van der Waals surface area (Å²) >= 11 is 0. The monoisotopic (exact) mass is 427 g/mol. The number of amides is 4. The molecule has 2 atom stereocenters. The number of carbonyl (C=O) groups is 4. The first-order valence-corrected chi connectivity index (χ1v) is 11.0. The van der Waals surface area contributed by atoms with Crippen molar-refractivity contribution >= 4 is 23.6 Å². The summed E-state index contributed by atoms with van der Waals surface area (Å²) in [5.74, 6) is -0.688. The number of hydrogen-bond acceptors (Lipinski definition) is 5. The maximum Gasteiger partial charge on any atom is 0.261 e. The highest BCUT2D eigenvalue weighted by atomic mass is 16.5. The minimum absolute atomic E-state index is 0.0384. The van der Waals surface area contributed by atoms with Gasteiger partial charge in [-0.15, -0.1) is 0 Å². The first kappa shape index (κ1) is 21.5. The summed E-state index contributed by atoms with van der Waals surface area (Å²) < 4.78 is 5.71. The van der Waals surface area contributed by atoms with Crippen molar-refractivity contribution in [3.63, 3.8) is 0 Å². The van der Waals surface area contributed by atoms with E-state index in [1.54, 1.807) is 29.2 Å². The summed E-state index contributed by atoms with van der Waals surface area (Å²) in [6.45, 7) is 6.30. The van der Waals surface area contributed by atoms with E-state index in [-0.39, 0.29) is 54.7 Å². The molecular weight excluding hydrogens is 398 g/mol. The number of fused-ring (bicyclic) bond motifs is 1. The van der Waals surface area contributed by atoms with Crippen LogP contribution in [0.4, 0.5) is 0 Å². The van der Waals surface area contributed by atoms with Crippen LogP contribution in [-0.4, -0.2) is 83.3 Å². The predicted molar refractivity (Wildman–Crippen MR) is 112 cm³/mol. The molecule has 3 aliphatic heterocycles. The third-order valence-electron chi connectivity index (χ3n) is 6.36. The van der Waals surface area contributed by atoms with Crippen molar-refractivity contribution in [2.24, 2.45) is 5.92 Å². The average Bonchev–Trinajstić information content (AvgIpc) is 3.01. The molecule has 2 fully saturated rings. The molecule has 3 heterocycles. The Labute approximate surface area is 182 Å². The molecule has 2 unspecified atom stereocenters. The highest BCUT2D eigenvalue weighted by molar-refractivity contribution is 6.21. The lowest BCUT2D eigenvalue weighted by molar-refractivity contribution is -0.150. The second-order valence-electron chi connectivity index (χ2n) is 8.71. The third-order valence-corrected chi connectivity index (χ3v) is 6.36. The Bertz CT molecular complexity index is 848. The number of carbonyl (C=O) groups excluding carboxylic acids is 4. The molecule has 4 rings (SSSR count). The number of nitrogens with zero attached hydrogens (tertiary/aromatic N) is 3. The van der Waals surface area contributed by atoms with E-state index >= 15 is 0 Å². The molecule has 166 valence electrons. The number of imide groups is 1. The fourth-order valence-electron chi connectivity index (χ4n) is 4.80. The molecule has 0 aromatic heterocycles. The Balaban J connectivity index is 1.26. The van der Waals surface area contributed by atoms with E-state index in [4.69, 9.17) is 4.74 Å². The number of likely N-dealkylation sites (tertiary alicyclic amines) is 1. The lowest BCUT2D eigenvalue weighted by atomic mass is 9.94. The Kier molecular flexibility index (Phi) is 6.09. The van der Waals surface area contributed by atoms with E-state index in [9.17, 15) is 19.2 Å². The summed E-state index contributed by atoms with van der Waals surface area (Å²) in [5, 5.41) is 0. The zero-order chi connectivity index (χ0) is 22.1. The maximum atomic E-state index is 12.9. The maximum absolute atomic E-state index is 12.9. The fourth-order valence-corrected chi connectivity index (χ4v) is 4.80. The number of rotatable bonds is 4. The van der Waals surface area contributed by atoms with E-state index < -0.39 is 0 Å². The first-order valence-electron chi connectivity index (χ1n) is 11.0. The van der Waals surface area contributed by atoms with Gasteiger partial charge in [-0.05, 0) is 38.8 Å². The molecule has 4 amide bonds. The summed E-state index contributed by atoms with van der Waals surface area (Å²) in [6.07, 6.45) is 1.45. The van der Waals surface area contributed by atoms with Crippen LogP contribution in [0.2, 0.25) is 0 Å². The molecule has 3 aliphatic rings. The van der Waals surface area contributed by atoms with Crippen LogP contribution in [0.1, 0.15) is 53.8 Å². The molecule has 0 radical (unpaired) electrons. The van der Waals surface area contributed by atoms with E-state index in [2.05, 4.69) is 0 Å². The Hall–Kier alpha value is -2.74. The summed E-state index contributed by atoms with van der Waals surface area (Å²) in [6, 6.07) is 6.72. The van der Waals surface area contributed by atoms with Crippen LogP contribution >= 0.6 is 0 Å². The van der Waals surface area contributed by atoms with Gasteiger partial charge >= 0.3 is 0 Å². The highest BCUT2D eigenvalue weighted by Crippen LogP contribution is 2.24. The van der Waals surface area contributed by atoms with Crippen LogP contribution in [0.5, 0.6) is 0 Å². The minimum Gasteiger partial charge on any atom is -0.372 e. The van der Waals surface area contributed by atoms with E-state index in [0.717, 1.165) is 4.90 Å². The van der Waals surface area contributed by atoms with E-state index in [0.29, 0.717) is 50.1 Å². The third kappa shape index (κ3) is 4.35. The Morgan fingerprint density at radius 2 is 1.48 bits per heavy atom. The Morgan fingerprint density at radius 1 is 0.935 bits per heavy atom. The number of ether oxygens (including phenoxy) is 1. The van der Waals surface area contributed by atoms with Gasteiger partial charge < -0.3 is 14.5 Å². The lowest BCUT2D eigenvalue weighted by Crippen LogP contribution is -2.52. The molecule has 8 nitrogen and oxygen atoms in total. The molecule has 0 aliphatic carbocycles. The highest BCUT2D eigenvalue weighted by Gasteiger charge is 2.36. The molecule has 1 aromatic rings. The number of piperidine rings is 1. The molecule has 0 spiro atoms. The van der Waals surface area contributed by atoms with Crippen LogP contribution in [0, 0.1) is 5.92 Å². The number of morpholine rings is 1. The van der Waals surface area contributed by atoms with E-state index in [1.807, 2.05) is 18.7 Å². The van der Waals surface area contributed by atoms with Crippen molar-refractivity contribution < 1.29 is 23.9 Å². The normalized spacial score (nSPS) is 24.5. The minimum atomic E-state index is -0.341. The quantitative estimate of drug-likeness (QED) is 0.681. The molecule has 0 saturated carbocycles. The van der Waals surface area contributed by atoms with Gasteiger partial charge in [0.2, 0.25) is 11.8 Å². The van der Waals surface area contributed by atoms with Crippen molar-refractivity contribution in [3.8, 4) is 0 Å². The van der Waals surface area contributed by atoms with Crippen molar-refractivity contribution in [1.82, 2.24) is 14.7 Å². The second-order valence-corrected chi connectivity index (χ2v) is 8.71. The van der Waals surface area contributed by atoms with Crippen LogP contribution in [0.3, 0.4) is 0 Å². The Morgan fingerprint density at radius 3 is 2.03 bits per heavy atom. The van der Waals surface area contributed by atoms with Gasteiger partial charge in [-0.2, -0.15) is 0 Å². The summed E-state index contributed by atoms with van der Waals surface area (Å²) in [5.41, 5.74) is 0.789. The van der Waals surface area contributed by atoms with Crippen molar-refractivity contribution in [2.45, 2.75) is 45.3 Å². The zero-order valence-corrected chi connectivity index (χ0v) is 18.1. The van der Waals surface area contributed by atoms with Gasteiger partial charge in [0.15, 0.2) is 0 Å². The lowest BCUT2D eigenvalue weighted by Gasteiger charge is -2.39. The van der Waals surface area contributed by atoms with Gasteiger partial charge in [0.05, 0.1) is 23.3 Å². The number of benzene rings is 1. The topological polar surface area (TPSA) is 87.2 Å². The molecular formula is C23H29N3O5. The summed E-state index contributed by atoms with van der Waals surface area (Å²) in [7, 11) is 0. The smallest absolute Gasteiger partial charge is 0.261 e. The van der Waals surface area contributed by atoms with Gasteiger partial charge in [0.25, 0.3) is 11.8 Å². The first-order chi connectivity index (χ1) is 14.8. The largest absolute Gasteiger partial charge is 0.372 e. The summed E-state index contributed by atoms with van der Waals surface area (Å²) in [4.78, 5) is 55.2. The van der Waals surface area contributed by atoms with Crippen molar-refractivity contribution in [1.29, 1.82) is 0 Å². The van der Waals surface area contributed by atoms with Gasteiger partial charge in [-0.1, -0.05) is 12.1 Å². The fraction of sp³-hybridized carbons (Fsp3) is 0.565. The SMILES string of the molecule is CC1CN(C(=O)C2CCN(C(=O)CCN3C(=O)c4ccccc4C3=O)CC2)CC(C)O1. The molecule has 8 heteroatoms. The zero-order valence-electron chi connectivity index (χ0n) is 18.1. The average molecular weight is 428 g/mol. The predicted octanol–water partition coefficient (Wildman–Crippen LogP) is 1.55. The molecule has 2 saturated heterocycles. The van der Waals surface area contributed by atoms with Crippen LogP contribution in [0.15, 0.2) is 24.3 Å². The van der Waals surface area contributed by atoms with Crippen LogP contribution in [-0.2, 0) is 14.3 Å². The van der Waals surface area contributed by atoms with Crippen LogP contribution in [0.25, 0.3) is 0 Å². The van der Waals surface area contributed by atoms with Crippen LogP contribution < -0.4 is 0 Å². The van der Waals surface area contributed by atoms with Gasteiger partial charge in [0, 0.05) is 45.1 Å². The number of hydrogen-bond donors (Lipinski definition) is 0. The second kappa shape index (κ2) is 8.78. The molecule has 31 heavy (non-hydrogen) atoms. The standard InChI is InChI=1S/C23H29N3O5/c1-15-13-25(14-16(2)31-15)21(28)17-7-10-24(11-8-17)20(27)9-12-26-22(29)18-5-3-4-6-19(18)23(26)30/h3-6,15-17H,7-14H2,1-2H3. The van der Waals surface area contributed by atoms with Gasteiger partial charge in [0.1, 0.15) is 0 Å². The molecule has 0 N–H and O–H groups in total. The molecule has 0 bridgehead atoms. The van der Waals surface area contributed by atoms with Gasteiger partial charge in [-0.25, -0.2) is 0 Å². The van der Waals surface area contributed by atoms with E-state index in [1.165, 1.54) is 0 Å². The van der Waals surface area contributed by atoms with Gasteiger partial charge in [-0.3, -0.25) is 24.1 Å². The van der Waals surface area contributed by atoms with Crippen molar-refractivity contribution in [3.05, 3.63) is 35.4 Å². The molecule has 1 aromatic carbocycles. The van der Waals surface area contributed by atoms with Crippen molar-refractivity contribution in [2.75, 3.05) is 32.7 Å².